The Kier molecular flexibility index (Phi) is 4.92. The molecular weight excluding hydrogens is 272 g/mol. The highest BCUT2D eigenvalue weighted by Gasteiger charge is 2.28. The first kappa shape index (κ1) is 15.9. The molecule has 1 fully saturated rings. The molecule has 1 aromatic rings. The van der Waals surface area contributed by atoms with Gasteiger partial charge in [0.1, 0.15) is 0 Å². The second-order valence-corrected chi connectivity index (χ2v) is 6.91. The van der Waals surface area contributed by atoms with Crippen molar-refractivity contribution in [1.82, 2.24) is 20.2 Å². The highest BCUT2D eigenvalue weighted by Crippen LogP contribution is 2.28. The van der Waals surface area contributed by atoms with Gasteiger partial charge in [-0.15, -0.1) is 5.10 Å². The second-order valence-electron chi connectivity index (χ2n) is 6.91. The lowest BCUT2D eigenvalue weighted by molar-refractivity contribution is -0.143. The minimum absolute atomic E-state index is 0.0457. The minimum Gasteiger partial charge on any atom is -0.481 e. The van der Waals surface area contributed by atoms with E-state index in [1.165, 1.54) is 0 Å². The molecule has 2 heterocycles. The van der Waals surface area contributed by atoms with Gasteiger partial charge in [-0.2, -0.15) is 0 Å². The number of aromatic nitrogens is 4. The van der Waals surface area contributed by atoms with Crippen molar-refractivity contribution in [3.63, 3.8) is 0 Å². The van der Waals surface area contributed by atoms with E-state index in [1.807, 2.05) is 20.8 Å². The van der Waals surface area contributed by atoms with Crippen molar-refractivity contribution in [3.05, 3.63) is 5.82 Å². The van der Waals surface area contributed by atoms with E-state index in [4.69, 9.17) is 4.74 Å². The molecule has 1 aromatic heterocycles. The zero-order valence-corrected chi connectivity index (χ0v) is 12.9. The van der Waals surface area contributed by atoms with Crippen LogP contribution >= 0.6 is 0 Å². The fraction of sp³-hybridized carbons (Fsp3) is 0.857. The summed E-state index contributed by atoms with van der Waals surface area (Å²) in [5, 5.41) is 21.3. The van der Waals surface area contributed by atoms with E-state index < -0.39 is 11.9 Å². The third-order valence-corrected chi connectivity index (χ3v) is 3.75. The minimum atomic E-state index is -0.793. The number of carbonyl (C=O) groups is 1. The Morgan fingerprint density at radius 1 is 1.43 bits per heavy atom. The topological polar surface area (TPSA) is 90.1 Å². The van der Waals surface area contributed by atoms with Crippen LogP contribution < -0.4 is 0 Å². The van der Waals surface area contributed by atoms with E-state index in [0.29, 0.717) is 26.2 Å². The number of aliphatic carboxylic acids is 1. The summed E-state index contributed by atoms with van der Waals surface area (Å²) in [6.07, 6.45) is 2.37. The van der Waals surface area contributed by atoms with Crippen LogP contribution in [0.2, 0.25) is 0 Å². The van der Waals surface area contributed by atoms with Gasteiger partial charge < -0.3 is 9.84 Å². The average molecular weight is 296 g/mol. The Labute approximate surface area is 124 Å². The molecule has 1 aliphatic heterocycles. The number of ether oxygens (including phenoxy) is 1. The Balaban J connectivity index is 2.10. The van der Waals surface area contributed by atoms with E-state index >= 15 is 0 Å². The monoisotopic (exact) mass is 296 g/mol. The van der Waals surface area contributed by atoms with Gasteiger partial charge in [-0.3, -0.25) is 4.79 Å². The zero-order chi connectivity index (χ0) is 15.5. The largest absolute Gasteiger partial charge is 0.481 e. The molecule has 0 amide bonds. The molecule has 118 valence electrons. The van der Waals surface area contributed by atoms with Gasteiger partial charge in [0.25, 0.3) is 0 Å². The SMILES string of the molecule is CC(C)(C)CC(Cn1nnnc1C1CCOCC1)C(=O)O. The normalized spacial score (nSPS) is 18.6. The lowest BCUT2D eigenvalue weighted by Gasteiger charge is -2.25. The molecule has 7 heteroatoms. The Morgan fingerprint density at radius 2 is 2.10 bits per heavy atom. The van der Waals surface area contributed by atoms with Crippen molar-refractivity contribution in [1.29, 1.82) is 0 Å². The number of hydrogen-bond donors (Lipinski definition) is 1. The maximum atomic E-state index is 11.5. The predicted molar refractivity (Wildman–Crippen MR) is 75.8 cm³/mol. The molecule has 1 aliphatic rings. The van der Waals surface area contributed by atoms with Crippen molar-refractivity contribution < 1.29 is 14.6 Å². The summed E-state index contributed by atoms with van der Waals surface area (Å²) in [6.45, 7) is 7.88. The summed E-state index contributed by atoms with van der Waals surface area (Å²) in [5.74, 6) is -0.221. The lowest BCUT2D eigenvalue weighted by Crippen LogP contribution is -2.27. The Hall–Kier alpha value is -1.50. The highest BCUT2D eigenvalue weighted by molar-refractivity contribution is 5.69. The number of nitrogens with zero attached hydrogens (tertiary/aromatic N) is 4. The molecule has 0 radical (unpaired) electrons. The summed E-state index contributed by atoms with van der Waals surface area (Å²) >= 11 is 0. The molecule has 1 N–H and O–H groups in total. The maximum absolute atomic E-state index is 11.5. The van der Waals surface area contributed by atoms with Crippen LogP contribution in [0.5, 0.6) is 0 Å². The first-order chi connectivity index (χ1) is 9.87. The van der Waals surface area contributed by atoms with Crippen LogP contribution in [0.25, 0.3) is 0 Å². The molecular formula is C14H24N4O3. The van der Waals surface area contributed by atoms with Crippen LogP contribution in [-0.2, 0) is 16.1 Å². The molecule has 0 saturated carbocycles. The van der Waals surface area contributed by atoms with Crippen molar-refractivity contribution in [2.45, 2.75) is 52.5 Å². The van der Waals surface area contributed by atoms with Crippen LogP contribution in [0.1, 0.15) is 51.8 Å². The van der Waals surface area contributed by atoms with Crippen LogP contribution in [0.4, 0.5) is 0 Å². The molecule has 1 atom stereocenters. The summed E-state index contributed by atoms with van der Waals surface area (Å²) in [5.41, 5.74) is -0.0457. The fourth-order valence-electron chi connectivity index (χ4n) is 2.77. The first-order valence-electron chi connectivity index (χ1n) is 7.43. The molecule has 1 unspecified atom stereocenters. The number of tetrazole rings is 1. The first-order valence-corrected chi connectivity index (χ1v) is 7.43. The van der Waals surface area contributed by atoms with Crippen molar-refractivity contribution >= 4 is 5.97 Å². The molecule has 0 bridgehead atoms. The lowest BCUT2D eigenvalue weighted by atomic mass is 9.84. The second kappa shape index (κ2) is 6.51. The van der Waals surface area contributed by atoms with E-state index in [0.717, 1.165) is 18.7 Å². The molecule has 1 saturated heterocycles. The number of rotatable bonds is 5. The van der Waals surface area contributed by atoms with Gasteiger partial charge in [-0.25, -0.2) is 4.68 Å². The summed E-state index contributed by atoms with van der Waals surface area (Å²) in [4.78, 5) is 11.5. The van der Waals surface area contributed by atoms with Crippen molar-refractivity contribution in [3.8, 4) is 0 Å². The molecule has 0 aliphatic carbocycles. The molecule has 21 heavy (non-hydrogen) atoms. The fourth-order valence-corrected chi connectivity index (χ4v) is 2.77. The summed E-state index contributed by atoms with van der Waals surface area (Å²) < 4.78 is 7.02. The zero-order valence-electron chi connectivity index (χ0n) is 12.9. The van der Waals surface area contributed by atoms with Gasteiger partial charge in [-0.05, 0) is 35.1 Å². The van der Waals surface area contributed by atoms with Gasteiger partial charge in [0.2, 0.25) is 0 Å². The van der Waals surface area contributed by atoms with Gasteiger partial charge in [-0.1, -0.05) is 20.8 Å². The summed E-state index contributed by atoms with van der Waals surface area (Å²) in [6, 6.07) is 0. The summed E-state index contributed by atoms with van der Waals surface area (Å²) in [7, 11) is 0. The molecule has 2 rings (SSSR count). The van der Waals surface area contributed by atoms with E-state index in [2.05, 4.69) is 15.5 Å². The van der Waals surface area contributed by atoms with Crippen molar-refractivity contribution in [2.75, 3.05) is 13.2 Å². The standard InChI is InChI=1S/C14H24N4O3/c1-14(2,3)8-11(13(19)20)9-18-12(15-16-17-18)10-4-6-21-7-5-10/h10-11H,4-9H2,1-3H3,(H,19,20). The number of carboxylic acid groups (broad SMARTS) is 1. The maximum Gasteiger partial charge on any atom is 0.308 e. The quantitative estimate of drug-likeness (QED) is 0.889. The third-order valence-electron chi connectivity index (χ3n) is 3.75. The van der Waals surface area contributed by atoms with E-state index in [-0.39, 0.29) is 11.3 Å². The van der Waals surface area contributed by atoms with Gasteiger partial charge >= 0.3 is 5.97 Å². The van der Waals surface area contributed by atoms with Crippen LogP contribution in [0, 0.1) is 11.3 Å². The van der Waals surface area contributed by atoms with Gasteiger partial charge in [0.05, 0.1) is 12.5 Å². The average Bonchev–Trinajstić information content (AvgIpc) is 2.85. The number of hydrogen-bond acceptors (Lipinski definition) is 5. The molecule has 7 nitrogen and oxygen atoms in total. The Bertz CT molecular complexity index is 475. The van der Waals surface area contributed by atoms with E-state index in [1.54, 1.807) is 4.68 Å². The van der Waals surface area contributed by atoms with Crippen LogP contribution in [-0.4, -0.2) is 44.5 Å². The number of carboxylic acids is 1. The smallest absolute Gasteiger partial charge is 0.308 e. The Morgan fingerprint density at radius 3 is 2.67 bits per heavy atom. The third kappa shape index (κ3) is 4.49. The molecule has 0 spiro atoms. The molecule has 0 aromatic carbocycles. The van der Waals surface area contributed by atoms with Gasteiger partial charge in [0.15, 0.2) is 5.82 Å². The highest BCUT2D eigenvalue weighted by atomic mass is 16.5. The van der Waals surface area contributed by atoms with E-state index in [9.17, 15) is 9.90 Å². The van der Waals surface area contributed by atoms with Crippen molar-refractivity contribution in [2.24, 2.45) is 11.3 Å². The van der Waals surface area contributed by atoms with Gasteiger partial charge in [0, 0.05) is 19.1 Å². The van der Waals surface area contributed by atoms with Crippen LogP contribution in [0.3, 0.4) is 0 Å². The predicted octanol–water partition coefficient (Wildman–Crippen LogP) is 1.70. The van der Waals surface area contributed by atoms with Crippen LogP contribution in [0.15, 0.2) is 0 Å².